The SMILES string of the molecule is C[C@@H](O[C@H]1CC[C@@H](C2C[C@@H](N(C)C)C(=O)N2)[C@@H]1c1ccc(F)cc1)c1cc(C(F)(F)F)cc(C(F)(F)F)c1. The van der Waals surface area contributed by atoms with Gasteiger partial charge in [0.1, 0.15) is 5.82 Å². The average molecular weight is 547 g/mol. The first kappa shape index (κ1) is 28.4. The van der Waals surface area contributed by atoms with E-state index in [0.29, 0.717) is 31.4 Å². The summed E-state index contributed by atoms with van der Waals surface area (Å²) in [4.78, 5) is 14.3. The van der Waals surface area contributed by atoms with Crippen molar-refractivity contribution in [2.45, 2.75) is 68.7 Å². The zero-order valence-electron chi connectivity index (χ0n) is 21.0. The quantitative estimate of drug-likeness (QED) is 0.431. The molecule has 0 bridgehead atoms. The van der Waals surface area contributed by atoms with Gasteiger partial charge < -0.3 is 10.1 Å². The highest BCUT2D eigenvalue weighted by atomic mass is 19.4. The highest BCUT2D eigenvalue weighted by Gasteiger charge is 2.47. The number of benzene rings is 2. The van der Waals surface area contributed by atoms with Crippen LogP contribution in [-0.4, -0.2) is 43.1 Å². The molecule has 1 heterocycles. The van der Waals surface area contributed by atoms with E-state index in [4.69, 9.17) is 4.74 Å². The molecule has 11 heteroatoms. The summed E-state index contributed by atoms with van der Waals surface area (Å²) in [6.07, 6.45) is -9.96. The van der Waals surface area contributed by atoms with Gasteiger partial charge in [0.2, 0.25) is 5.91 Å². The van der Waals surface area contributed by atoms with Crippen LogP contribution in [0.4, 0.5) is 30.7 Å². The number of halogens is 7. The maximum atomic E-state index is 13.7. The number of ether oxygens (including phenoxy) is 1. The summed E-state index contributed by atoms with van der Waals surface area (Å²) in [5.41, 5.74) is -2.31. The molecule has 4 nitrogen and oxygen atoms in total. The van der Waals surface area contributed by atoms with Crippen molar-refractivity contribution in [2.75, 3.05) is 14.1 Å². The lowest BCUT2D eigenvalue weighted by Crippen LogP contribution is -2.37. The molecule has 4 rings (SSSR count). The van der Waals surface area contributed by atoms with Crippen LogP contribution >= 0.6 is 0 Å². The Morgan fingerprint density at radius 2 is 1.53 bits per heavy atom. The minimum absolute atomic E-state index is 0.0904. The first-order valence-electron chi connectivity index (χ1n) is 12.3. The van der Waals surface area contributed by atoms with Gasteiger partial charge in [-0.05, 0) is 87.7 Å². The molecule has 0 aromatic heterocycles. The van der Waals surface area contributed by atoms with E-state index >= 15 is 0 Å². The van der Waals surface area contributed by atoms with Gasteiger partial charge in [-0.1, -0.05) is 12.1 Å². The van der Waals surface area contributed by atoms with Crippen LogP contribution in [0.25, 0.3) is 0 Å². The molecule has 1 aliphatic carbocycles. The Labute approximate surface area is 216 Å². The number of carbonyl (C=O) groups excluding carboxylic acids is 1. The van der Waals surface area contributed by atoms with E-state index in [1.165, 1.54) is 19.1 Å². The summed E-state index contributed by atoms with van der Waals surface area (Å²) in [7, 11) is 3.60. The van der Waals surface area contributed by atoms with Gasteiger partial charge in [0.15, 0.2) is 0 Å². The fourth-order valence-corrected chi connectivity index (χ4v) is 5.71. The number of hydrogen-bond acceptors (Lipinski definition) is 3. The summed E-state index contributed by atoms with van der Waals surface area (Å²) in [5, 5.41) is 3.03. The van der Waals surface area contributed by atoms with Gasteiger partial charge in [-0.15, -0.1) is 0 Å². The minimum Gasteiger partial charge on any atom is -0.370 e. The normalized spacial score (nSPS) is 27.1. The monoisotopic (exact) mass is 546 g/mol. The van der Waals surface area contributed by atoms with E-state index in [2.05, 4.69) is 5.32 Å². The number of amides is 1. The molecule has 6 atom stereocenters. The highest BCUT2D eigenvalue weighted by Crippen LogP contribution is 2.47. The molecule has 1 saturated carbocycles. The highest BCUT2D eigenvalue weighted by molar-refractivity contribution is 5.84. The smallest absolute Gasteiger partial charge is 0.370 e. The van der Waals surface area contributed by atoms with Crippen molar-refractivity contribution in [1.29, 1.82) is 0 Å². The summed E-state index contributed by atoms with van der Waals surface area (Å²) in [6.45, 7) is 1.42. The van der Waals surface area contributed by atoms with Gasteiger partial charge in [-0.25, -0.2) is 4.39 Å². The lowest BCUT2D eigenvalue weighted by atomic mass is 9.82. The van der Waals surface area contributed by atoms with Crippen LogP contribution in [0.3, 0.4) is 0 Å². The molecule has 2 aliphatic rings. The molecule has 2 fully saturated rings. The third-order valence-corrected chi connectivity index (χ3v) is 7.61. The van der Waals surface area contributed by atoms with Crippen LogP contribution in [0.2, 0.25) is 0 Å². The minimum atomic E-state index is -4.96. The second-order valence-electron chi connectivity index (χ2n) is 10.3. The lowest BCUT2D eigenvalue weighted by Gasteiger charge is -2.31. The summed E-state index contributed by atoms with van der Waals surface area (Å²) >= 11 is 0. The van der Waals surface area contributed by atoms with Gasteiger partial charge in [0.05, 0.1) is 29.4 Å². The van der Waals surface area contributed by atoms with Crippen molar-refractivity contribution in [3.8, 4) is 0 Å². The maximum Gasteiger partial charge on any atom is 0.416 e. The summed E-state index contributed by atoms with van der Waals surface area (Å²) in [5.74, 6) is -1.02. The number of nitrogens with zero attached hydrogens (tertiary/aromatic N) is 1. The van der Waals surface area contributed by atoms with Gasteiger partial charge in [-0.2, -0.15) is 26.3 Å². The van der Waals surface area contributed by atoms with E-state index < -0.39 is 41.5 Å². The maximum absolute atomic E-state index is 13.7. The predicted molar refractivity (Wildman–Crippen MR) is 126 cm³/mol. The van der Waals surface area contributed by atoms with Gasteiger partial charge in [0.25, 0.3) is 0 Å². The number of hydrogen-bond donors (Lipinski definition) is 1. The van der Waals surface area contributed by atoms with Gasteiger partial charge >= 0.3 is 12.4 Å². The van der Waals surface area contributed by atoms with Crippen LogP contribution in [-0.2, 0) is 21.9 Å². The Morgan fingerprint density at radius 1 is 0.947 bits per heavy atom. The molecule has 38 heavy (non-hydrogen) atoms. The first-order chi connectivity index (χ1) is 17.6. The topological polar surface area (TPSA) is 41.6 Å². The molecular weight excluding hydrogens is 517 g/mol. The van der Waals surface area contributed by atoms with E-state index in [9.17, 15) is 35.5 Å². The second kappa shape index (κ2) is 10.5. The van der Waals surface area contributed by atoms with Crippen LogP contribution in [0.15, 0.2) is 42.5 Å². The molecule has 1 aliphatic heterocycles. The molecule has 2 aromatic rings. The van der Waals surface area contributed by atoms with Crippen LogP contribution in [0, 0.1) is 11.7 Å². The third-order valence-electron chi connectivity index (χ3n) is 7.61. The van der Waals surface area contributed by atoms with E-state index in [1.54, 1.807) is 26.2 Å². The number of likely N-dealkylation sites (N-methyl/N-ethyl adjacent to an activating group) is 1. The van der Waals surface area contributed by atoms with Crippen molar-refractivity contribution < 1.29 is 40.3 Å². The van der Waals surface area contributed by atoms with Crippen molar-refractivity contribution in [3.05, 3.63) is 70.5 Å². The Morgan fingerprint density at radius 3 is 2.03 bits per heavy atom. The Hall–Kier alpha value is -2.66. The largest absolute Gasteiger partial charge is 0.416 e. The van der Waals surface area contributed by atoms with Crippen molar-refractivity contribution in [2.24, 2.45) is 5.92 Å². The third kappa shape index (κ3) is 5.98. The van der Waals surface area contributed by atoms with E-state index in [-0.39, 0.29) is 41.5 Å². The summed E-state index contributed by atoms with van der Waals surface area (Å²) < 4.78 is 100. The molecule has 1 unspecified atom stereocenters. The van der Waals surface area contributed by atoms with Crippen molar-refractivity contribution in [3.63, 3.8) is 0 Å². The Balaban J connectivity index is 1.64. The summed E-state index contributed by atoms with van der Waals surface area (Å²) in [6, 6.07) is 6.71. The number of rotatable bonds is 6. The van der Waals surface area contributed by atoms with Crippen molar-refractivity contribution >= 4 is 5.91 Å². The fraction of sp³-hybridized carbons (Fsp3) is 0.519. The molecule has 1 N–H and O–H groups in total. The molecule has 1 saturated heterocycles. The standard InChI is InChI=1S/C27H29F7N2O2/c1-14(16-10-17(26(29,30)31)12-18(11-16)27(32,33)34)38-23-9-8-20(21-13-22(36(2)3)25(37)35-21)24(23)15-4-6-19(28)7-5-15/h4-7,10-12,14,20-24H,8-9,13H2,1-3H3,(H,35,37)/t14-,20+,21?,22-,23+,24+/m1/s1. The van der Waals surface area contributed by atoms with Crippen LogP contribution in [0.5, 0.6) is 0 Å². The zero-order valence-corrected chi connectivity index (χ0v) is 21.0. The van der Waals surface area contributed by atoms with Crippen molar-refractivity contribution in [1.82, 2.24) is 10.2 Å². The van der Waals surface area contributed by atoms with Crippen LogP contribution < -0.4 is 5.32 Å². The average Bonchev–Trinajstić information content (AvgIpc) is 3.41. The van der Waals surface area contributed by atoms with Gasteiger partial charge in [0, 0.05) is 12.0 Å². The molecule has 2 aromatic carbocycles. The molecule has 1 amide bonds. The zero-order chi connectivity index (χ0) is 28.0. The second-order valence-corrected chi connectivity index (χ2v) is 10.3. The number of carbonyl (C=O) groups is 1. The molecular formula is C27H29F7N2O2. The van der Waals surface area contributed by atoms with Crippen LogP contribution in [0.1, 0.15) is 60.5 Å². The lowest BCUT2D eigenvalue weighted by molar-refractivity contribution is -0.143. The predicted octanol–water partition coefficient (Wildman–Crippen LogP) is 6.32. The van der Waals surface area contributed by atoms with E-state index in [1.807, 2.05) is 4.90 Å². The molecule has 0 spiro atoms. The Kier molecular flexibility index (Phi) is 7.82. The fourth-order valence-electron chi connectivity index (χ4n) is 5.71. The Bertz CT molecular complexity index is 1120. The first-order valence-corrected chi connectivity index (χ1v) is 12.3. The number of alkyl halides is 6. The van der Waals surface area contributed by atoms with E-state index in [0.717, 1.165) is 5.56 Å². The van der Waals surface area contributed by atoms with Gasteiger partial charge in [-0.3, -0.25) is 9.69 Å². The molecule has 0 radical (unpaired) electrons. The molecule has 208 valence electrons. The number of nitrogens with one attached hydrogen (secondary N) is 1.